The fourth-order valence-electron chi connectivity index (χ4n) is 5.21. The summed E-state index contributed by atoms with van der Waals surface area (Å²) in [5, 5.41) is 15.6. The number of halogens is 1. The molecule has 2 aliphatic heterocycles. The Balaban J connectivity index is 1.40. The Morgan fingerprint density at radius 2 is 2.06 bits per heavy atom. The molecule has 0 spiro atoms. The van der Waals surface area contributed by atoms with Gasteiger partial charge in [0.25, 0.3) is 5.91 Å². The van der Waals surface area contributed by atoms with Crippen molar-refractivity contribution in [1.82, 2.24) is 10.2 Å². The molecule has 2 N–H and O–H groups in total. The van der Waals surface area contributed by atoms with E-state index in [2.05, 4.69) is 55.1 Å². The Labute approximate surface area is 207 Å². The Bertz CT molecular complexity index is 930. The maximum absolute atomic E-state index is 13.1. The predicted octanol–water partition coefficient (Wildman–Crippen LogP) is 4.63. The molecule has 0 radical (unpaired) electrons. The van der Waals surface area contributed by atoms with E-state index in [1.165, 1.54) is 0 Å². The first-order valence-corrected chi connectivity index (χ1v) is 13.3. The zero-order valence-corrected chi connectivity index (χ0v) is 21.6. The second kappa shape index (κ2) is 9.73. The highest BCUT2D eigenvalue weighted by Gasteiger charge is 2.49. The molecule has 1 saturated heterocycles. The normalized spacial score (nSPS) is 30.1. The summed E-state index contributed by atoms with van der Waals surface area (Å²) >= 11 is 7.74. The predicted molar refractivity (Wildman–Crippen MR) is 138 cm³/mol. The molecule has 33 heavy (non-hydrogen) atoms. The van der Waals surface area contributed by atoms with Crippen molar-refractivity contribution in [2.75, 3.05) is 19.6 Å². The van der Waals surface area contributed by atoms with Crippen LogP contribution >= 0.6 is 23.4 Å². The van der Waals surface area contributed by atoms with Gasteiger partial charge in [-0.05, 0) is 49.0 Å². The monoisotopic (exact) mass is 489 g/mol. The minimum atomic E-state index is -0.912. The molecule has 2 unspecified atom stereocenters. The van der Waals surface area contributed by atoms with Crippen LogP contribution in [0.25, 0.3) is 0 Å². The summed E-state index contributed by atoms with van der Waals surface area (Å²) in [6, 6.07) is 7.60. The van der Waals surface area contributed by atoms with Crippen LogP contribution < -0.4 is 5.32 Å². The van der Waals surface area contributed by atoms with Crippen LogP contribution in [0.3, 0.4) is 0 Å². The number of hydrogen-bond acceptors (Lipinski definition) is 5. The topological polar surface area (TPSA) is 64.9 Å². The lowest BCUT2D eigenvalue weighted by atomic mass is 9.66. The van der Waals surface area contributed by atoms with Gasteiger partial charge in [0.1, 0.15) is 0 Å². The van der Waals surface area contributed by atoms with E-state index in [0.717, 1.165) is 43.8 Å². The van der Waals surface area contributed by atoms with Gasteiger partial charge >= 0.3 is 0 Å². The standard InChI is InChI=1S/C26H36ClN3O2S/c1-17(2)21(28-23(31)24-29-20-7-5-6-8-22(20)33-24)15-30-14-13-26(32,25(3,4)16-30)18-9-11-19(27)12-10-18/h5,7,9-12,17,21-22,24,32H,6,8,13-16H2,1-4H3,(H,28,31)/t21-,22?,24?,26-/m0/s1. The number of rotatable bonds is 6. The molecule has 0 bridgehead atoms. The summed E-state index contributed by atoms with van der Waals surface area (Å²) in [5.41, 5.74) is 0.718. The van der Waals surface area contributed by atoms with E-state index in [1.807, 2.05) is 24.3 Å². The molecule has 2 heterocycles. The van der Waals surface area contributed by atoms with Gasteiger partial charge < -0.3 is 15.3 Å². The lowest BCUT2D eigenvalue weighted by Crippen LogP contribution is -2.58. The van der Waals surface area contributed by atoms with Gasteiger partial charge in [0.05, 0.1) is 5.60 Å². The number of nitrogens with zero attached hydrogens (tertiary/aromatic N) is 2. The number of aliphatic hydroxyl groups is 1. The van der Waals surface area contributed by atoms with Gasteiger partial charge in [0.15, 0.2) is 5.37 Å². The maximum atomic E-state index is 13.1. The molecule has 1 aliphatic carbocycles. The van der Waals surface area contributed by atoms with Crippen LogP contribution in [0, 0.1) is 11.3 Å². The third-order valence-electron chi connectivity index (χ3n) is 7.44. The van der Waals surface area contributed by atoms with E-state index in [4.69, 9.17) is 11.6 Å². The van der Waals surface area contributed by atoms with Crippen LogP contribution in [0.2, 0.25) is 5.02 Å². The highest BCUT2D eigenvalue weighted by molar-refractivity contribution is 8.02. The van der Waals surface area contributed by atoms with Crippen molar-refractivity contribution >= 4 is 35.0 Å². The molecule has 0 aromatic heterocycles. The molecule has 4 atom stereocenters. The minimum absolute atomic E-state index is 0.0166. The molecule has 5 nitrogen and oxygen atoms in total. The van der Waals surface area contributed by atoms with Gasteiger partial charge in [-0.1, -0.05) is 57.5 Å². The van der Waals surface area contributed by atoms with Gasteiger partial charge in [-0.15, -0.1) is 11.8 Å². The summed E-state index contributed by atoms with van der Waals surface area (Å²) in [6.07, 6.45) is 6.99. The van der Waals surface area contributed by atoms with E-state index in [-0.39, 0.29) is 22.7 Å². The molecule has 0 saturated carbocycles. The maximum Gasteiger partial charge on any atom is 0.255 e. The molecule has 1 fully saturated rings. The second-order valence-electron chi connectivity index (χ2n) is 10.6. The molecule has 180 valence electrons. The average molecular weight is 490 g/mol. The van der Waals surface area contributed by atoms with Gasteiger partial charge in [0, 0.05) is 47.1 Å². The second-order valence-corrected chi connectivity index (χ2v) is 12.3. The summed E-state index contributed by atoms with van der Waals surface area (Å²) in [5.74, 6) is 0.318. The molecule has 3 aliphatic rings. The number of likely N-dealkylation sites (tertiary alicyclic amines) is 1. The molecular weight excluding hydrogens is 454 g/mol. The summed E-state index contributed by atoms with van der Waals surface area (Å²) in [4.78, 5) is 20.1. The van der Waals surface area contributed by atoms with Crippen LogP contribution in [0.1, 0.15) is 52.5 Å². The van der Waals surface area contributed by atoms with Crippen LogP contribution in [-0.4, -0.2) is 57.9 Å². The Hall–Kier alpha value is -1.34. The lowest BCUT2D eigenvalue weighted by molar-refractivity contribution is -0.129. The third-order valence-corrected chi connectivity index (χ3v) is 9.07. The minimum Gasteiger partial charge on any atom is -0.385 e. The van der Waals surface area contributed by atoms with E-state index < -0.39 is 5.60 Å². The first-order valence-electron chi connectivity index (χ1n) is 12.0. The summed E-state index contributed by atoms with van der Waals surface area (Å²) < 4.78 is 0. The van der Waals surface area contributed by atoms with Crippen molar-refractivity contribution in [1.29, 1.82) is 0 Å². The van der Waals surface area contributed by atoms with Crippen molar-refractivity contribution in [3.8, 4) is 0 Å². The third kappa shape index (κ3) is 5.19. The van der Waals surface area contributed by atoms with Crippen molar-refractivity contribution in [3.05, 3.63) is 47.0 Å². The highest BCUT2D eigenvalue weighted by Crippen LogP contribution is 2.46. The molecule has 1 amide bonds. The Kier molecular flexibility index (Phi) is 7.30. The average Bonchev–Trinajstić information content (AvgIpc) is 3.20. The summed E-state index contributed by atoms with van der Waals surface area (Å²) in [7, 11) is 0. The molecule has 7 heteroatoms. The van der Waals surface area contributed by atoms with E-state index in [0.29, 0.717) is 22.6 Å². The van der Waals surface area contributed by atoms with Crippen LogP contribution in [0.15, 0.2) is 41.4 Å². The van der Waals surface area contributed by atoms with Crippen LogP contribution in [-0.2, 0) is 10.4 Å². The quantitative estimate of drug-likeness (QED) is 0.611. The van der Waals surface area contributed by atoms with Gasteiger partial charge in [-0.3, -0.25) is 9.79 Å². The number of benzene rings is 1. The summed E-state index contributed by atoms with van der Waals surface area (Å²) in [6.45, 7) is 10.8. The number of allylic oxidation sites excluding steroid dienone is 2. The fourth-order valence-corrected chi connectivity index (χ4v) is 6.57. The van der Waals surface area contributed by atoms with Crippen molar-refractivity contribution < 1.29 is 9.90 Å². The fraction of sp³-hybridized carbons (Fsp3) is 0.615. The van der Waals surface area contributed by atoms with Crippen molar-refractivity contribution in [2.45, 2.75) is 69.2 Å². The number of amides is 1. The highest BCUT2D eigenvalue weighted by atomic mass is 35.5. The Morgan fingerprint density at radius 1 is 1.33 bits per heavy atom. The number of hydrogen-bond donors (Lipinski definition) is 2. The first kappa shape index (κ1) is 24.8. The lowest BCUT2D eigenvalue weighted by Gasteiger charge is -2.51. The van der Waals surface area contributed by atoms with Gasteiger partial charge in [0.2, 0.25) is 0 Å². The number of carbonyl (C=O) groups is 1. The number of nitrogens with one attached hydrogen (secondary N) is 1. The molecule has 1 aromatic rings. The SMILES string of the molecule is CC(C)[C@H](CN1CC[C@](O)(c2ccc(Cl)cc2)C(C)(C)C1)NC(=O)C1N=C2C=CCCC2S1. The van der Waals surface area contributed by atoms with Crippen LogP contribution in [0.4, 0.5) is 0 Å². The van der Waals surface area contributed by atoms with Crippen LogP contribution in [0.5, 0.6) is 0 Å². The molecule has 1 aromatic carbocycles. The number of carbonyl (C=O) groups excluding carboxylic acids is 1. The van der Waals surface area contributed by atoms with E-state index in [9.17, 15) is 9.90 Å². The number of thioether (sulfide) groups is 1. The van der Waals surface area contributed by atoms with Gasteiger partial charge in [-0.25, -0.2) is 0 Å². The first-order chi connectivity index (χ1) is 15.6. The van der Waals surface area contributed by atoms with E-state index >= 15 is 0 Å². The zero-order valence-electron chi connectivity index (χ0n) is 20.1. The van der Waals surface area contributed by atoms with Crippen molar-refractivity contribution in [3.63, 3.8) is 0 Å². The molecular formula is C26H36ClN3O2S. The molecule has 4 rings (SSSR count). The largest absolute Gasteiger partial charge is 0.385 e. The van der Waals surface area contributed by atoms with Gasteiger partial charge in [-0.2, -0.15) is 0 Å². The number of fused-ring (bicyclic) bond motifs is 1. The Morgan fingerprint density at radius 3 is 2.70 bits per heavy atom. The zero-order chi connectivity index (χ0) is 23.8. The van der Waals surface area contributed by atoms with Crippen molar-refractivity contribution in [2.24, 2.45) is 16.3 Å². The van der Waals surface area contributed by atoms with E-state index in [1.54, 1.807) is 11.8 Å². The smallest absolute Gasteiger partial charge is 0.255 e. The number of piperidine rings is 1. The number of aliphatic imine (C=N–C) groups is 1.